The maximum absolute atomic E-state index is 13.0. The summed E-state index contributed by atoms with van der Waals surface area (Å²) in [5.74, 6) is -0.0806. The van der Waals surface area contributed by atoms with E-state index in [0.717, 1.165) is 15.7 Å². The van der Waals surface area contributed by atoms with Crippen molar-refractivity contribution in [2.75, 3.05) is 11.4 Å². The van der Waals surface area contributed by atoms with Crippen LogP contribution < -0.4 is 10.2 Å². The molecule has 21 heavy (non-hydrogen) atoms. The first-order chi connectivity index (χ1) is 9.95. The fourth-order valence-electron chi connectivity index (χ4n) is 2.76. The van der Waals surface area contributed by atoms with Crippen molar-refractivity contribution < 1.29 is 9.59 Å². The van der Waals surface area contributed by atoms with Crippen LogP contribution in [0, 0.1) is 6.92 Å². The van der Waals surface area contributed by atoms with E-state index in [1.165, 1.54) is 0 Å². The molecule has 114 valence electrons. The quantitative estimate of drug-likeness (QED) is 0.908. The average molecular weight is 353 g/mol. The lowest BCUT2D eigenvalue weighted by molar-refractivity contribution is -0.130. The second-order valence-corrected chi connectivity index (χ2v) is 6.25. The summed E-state index contributed by atoms with van der Waals surface area (Å²) in [4.78, 5) is 26.8. The van der Waals surface area contributed by atoms with Crippen LogP contribution in [0.3, 0.4) is 0 Å². The van der Waals surface area contributed by atoms with Crippen LogP contribution in [-0.2, 0) is 9.59 Å². The van der Waals surface area contributed by atoms with E-state index in [1.54, 1.807) is 4.90 Å². The van der Waals surface area contributed by atoms with E-state index in [0.29, 0.717) is 25.8 Å². The smallest absolute Gasteiger partial charge is 0.252 e. The van der Waals surface area contributed by atoms with Crippen molar-refractivity contribution in [2.45, 2.75) is 45.6 Å². The number of hydrogen-bond acceptors (Lipinski definition) is 2. The molecule has 0 radical (unpaired) electrons. The number of nitrogens with zero attached hydrogens (tertiary/aromatic N) is 1. The van der Waals surface area contributed by atoms with Crippen LogP contribution in [0.5, 0.6) is 0 Å². The molecule has 2 amide bonds. The maximum Gasteiger partial charge on any atom is 0.252 e. The summed E-state index contributed by atoms with van der Waals surface area (Å²) in [5.41, 5.74) is 1.11. The molecule has 4 nitrogen and oxygen atoms in total. The Morgan fingerprint density at radius 1 is 1.29 bits per heavy atom. The van der Waals surface area contributed by atoms with E-state index < -0.39 is 5.54 Å². The SMILES string of the molecule is CCC1(CC)NC(=O)CCN(c2cccc(C)c2Br)C1=O. The van der Waals surface area contributed by atoms with Gasteiger partial charge in [0.05, 0.1) is 5.69 Å². The highest BCUT2D eigenvalue weighted by Gasteiger charge is 2.42. The second kappa shape index (κ2) is 6.18. The molecule has 0 aromatic heterocycles. The third-order valence-electron chi connectivity index (χ3n) is 4.27. The van der Waals surface area contributed by atoms with E-state index >= 15 is 0 Å². The van der Waals surface area contributed by atoms with Crippen molar-refractivity contribution in [3.8, 4) is 0 Å². The van der Waals surface area contributed by atoms with Gasteiger partial charge in [-0.3, -0.25) is 9.59 Å². The van der Waals surface area contributed by atoms with Crippen LogP contribution >= 0.6 is 15.9 Å². The van der Waals surface area contributed by atoms with Gasteiger partial charge in [-0.15, -0.1) is 0 Å². The minimum Gasteiger partial charge on any atom is -0.342 e. The summed E-state index contributed by atoms with van der Waals surface area (Å²) in [5, 5.41) is 2.93. The molecular formula is C16H21BrN2O2. The highest BCUT2D eigenvalue weighted by Crippen LogP contribution is 2.33. The Hall–Kier alpha value is -1.36. The van der Waals surface area contributed by atoms with Crippen LogP contribution in [0.1, 0.15) is 38.7 Å². The van der Waals surface area contributed by atoms with Gasteiger partial charge in [-0.2, -0.15) is 0 Å². The molecule has 2 rings (SSSR count). The lowest BCUT2D eigenvalue weighted by Crippen LogP contribution is -2.56. The first-order valence-electron chi connectivity index (χ1n) is 7.33. The standard InChI is InChI=1S/C16H21BrN2O2/c1-4-16(5-2)15(21)19(10-9-13(20)18-16)12-8-6-7-11(3)14(12)17/h6-8H,4-5,9-10H2,1-3H3,(H,18,20). The van der Waals surface area contributed by atoms with Crippen molar-refractivity contribution in [1.29, 1.82) is 0 Å². The number of nitrogens with one attached hydrogen (secondary N) is 1. The predicted molar refractivity (Wildman–Crippen MR) is 87.3 cm³/mol. The minimum atomic E-state index is -0.795. The van der Waals surface area contributed by atoms with Gasteiger partial charge in [0.1, 0.15) is 5.54 Å². The highest BCUT2D eigenvalue weighted by atomic mass is 79.9. The number of rotatable bonds is 3. The van der Waals surface area contributed by atoms with Crippen molar-refractivity contribution in [3.05, 3.63) is 28.2 Å². The van der Waals surface area contributed by atoms with Crippen LogP contribution in [0.15, 0.2) is 22.7 Å². The number of aryl methyl sites for hydroxylation is 1. The molecule has 0 bridgehead atoms. The number of carbonyl (C=O) groups is 2. The van der Waals surface area contributed by atoms with Crippen molar-refractivity contribution in [1.82, 2.24) is 5.32 Å². The summed E-state index contributed by atoms with van der Waals surface area (Å²) in [7, 11) is 0. The fraction of sp³-hybridized carbons (Fsp3) is 0.500. The van der Waals surface area contributed by atoms with Crippen molar-refractivity contribution in [3.63, 3.8) is 0 Å². The molecular weight excluding hydrogens is 332 g/mol. The Bertz CT molecular complexity index is 567. The number of anilines is 1. The Labute approximate surface area is 134 Å². The number of amides is 2. The summed E-state index contributed by atoms with van der Waals surface area (Å²) in [6.07, 6.45) is 1.51. The van der Waals surface area contributed by atoms with E-state index in [4.69, 9.17) is 0 Å². The third kappa shape index (κ3) is 2.84. The highest BCUT2D eigenvalue weighted by molar-refractivity contribution is 9.10. The van der Waals surface area contributed by atoms with Gasteiger partial charge in [-0.25, -0.2) is 0 Å². The van der Waals surface area contributed by atoms with Crippen LogP contribution in [0.2, 0.25) is 0 Å². The Balaban J connectivity index is 2.50. The molecule has 1 aliphatic rings. The summed E-state index contributed by atoms with van der Waals surface area (Å²) >= 11 is 3.57. The fourth-order valence-corrected chi connectivity index (χ4v) is 3.23. The molecule has 1 saturated heterocycles. The van der Waals surface area contributed by atoms with Gasteiger partial charge in [-0.05, 0) is 47.3 Å². The molecule has 1 N–H and O–H groups in total. The Kier molecular flexibility index (Phi) is 4.71. The topological polar surface area (TPSA) is 49.4 Å². The zero-order chi connectivity index (χ0) is 15.6. The normalized spacial score (nSPS) is 18.4. The first kappa shape index (κ1) is 16.0. The number of benzene rings is 1. The zero-order valence-electron chi connectivity index (χ0n) is 12.7. The van der Waals surface area contributed by atoms with Gasteiger partial charge in [0.15, 0.2) is 0 Å². The van der Waals surface area contributed by atoms with Gasteiger partial charge >= 0.3 is 0 Å². The van der Waals surface area contributed by atoms with E-state index in [2.05, 4.69) is 21.2 Å². The van der Waals surface area contributed by atoms with Crippen LogP contribution in [0.4, 0.5) is 5.69 Å². The monoisotopic (exact) mass is 352 g/mol. The molecule has 1 fully saturated rings. The van der Waals surface area contributed by atoms with E-state index in [-0.39, 0.29) is 11.8 Å². The van der Waals surface area contributed by atoms with E-state index in [1.807, 2.05) is 39.0 Å². The van der Waals surface area contributed by atoms with Crippen molar-refractivity contribution in [2.24, 2.45) is 0 Å². The Morgan fingerprint density at radius 2 is 1.95 bits per heavy atom. The molecule has 5 heteroatoms. The largest absolute Gasteiger partial charge is 0.342 e. The Morgan fingerprint density at radius 3 is 2.57 bits per heavy atom. The van der Waals surface area contributed by atoms with Crippen LogP contribution in [-0.4, -0.2) is 23.9 Å². The lowest BCUT2D eigenvalue weighted by atomic mass is 9.91. The van der Waals surface area contributed by atoms with Crippen LogP contribution in [0.25, 0.3) is 0 Å². The maximum atomic E-state index is 13.0. The van der Waals surface area contributed by atoms with Gasteiger partial charge < -0.3 is 10.2 Å². The summed E-state index contributed by atoms with van der Waals surface area (Å²) in [6, 6.07) is 5.84. The molecule has 1 heterocycles. The number of carbonyl (C=O) groups excluding carboxylic acids is 2. The minimum absolute atomic E-state index is 0.0235. The van der Waals surface area contributed by atoms with Gasteiger partial charge in [0, 0.05) is 17.4 Å². The molecule has 0 atom stereocenters. The molecule has 0 unspecified atom stereocenters. The molecule has 1 aromatic rings. The molecule has 0 aliphatic carbocycles. The molecule has 0 saturated carbocycles. The summed E-state index contributed by atoms with van der Waals surface area (Å²) in [6.45, 7) is 6.29. The van der Waals surface area contributed by atoms with Gasteiger partial charge in [0.25, 0.3) is 5.91 Å². The first-order valence-corrected chi connectivity index (χ1v) is 8.12. The molecule has 1 aliphatic heterocycles. The van der Waals surface area contributed by atoms with Crippen molar-refractivity contribution >= 4 is 33.4 Å². The molecule has 1 aromatic carbocycles. The van der Waals surface area contributed by atoms with Gasteiger partial charge in [-0.1, -0.05) is 26.0 Å². The lowest BCUT2D eigenvalue weighted by Gasteiger charge is -2.34. The third-order valence-corrected chi connectivity index (χ3v) is 5.30. The number of hydrogen-bond donors (Lipinski definition) is 1. The number of halogens is 1. The predicted octanol–water partition coefficient (Wildman–Crippen LogP) is 3.17. The molecule has 0 spiro atoms. The zero-order valence-corrected chi connectivity index (χ0v) is 14.3. The second-order valence-electron chi connectivity index (χ2n) is 5.45. The summed E-state index contributed by atoms with van der Waals surface area (Å²) < 4.78 is 0.911. The van der Waals surface area contributed by atoms with E-state index in [9.17, 15) is 9.59 Å². The van der Waals surface area contributed by atoms with Gasteiger partial charge in [0.2, 0.25) is 5.91 Å². The average Bonchev–Trinajstić information content (AvgIpc) is 2.60.